The first-order valence-electron chi connectivity index (χ1n) is 4.47. The summed E-state index contributed by atoms with van der Waals surface area (Å²) < 4.78 is 0. The summed E-state index contributed by atoms with van der Waals surface area (Å²) in [6.07, 6.45) is 1.20. The van der Waals surface area contributed by atoms with Crippen molar-refractivity contribution in [1.82, 2.24) is 0 Å². The Morgan fingerprint density at radius 3 is 2.25 bits per heavy atom. The van der Waals surface area contributed by atoms with Crippen LogP contribution in [0, 0.1) is 0 Å². The molecule has 1 heteroatoms. The van der Waals surface area contributed by atoms with Crippen molar-refractivity contribution in [3.63, 3.8) is 0 Å². The minimum absolute atomic E-state index is 0.663. The van der Waals surface area contributed by atoms with E-state index in [4.69, 9.17) is 0 Å². The Morgan fingerprint density at radius 2 is 1.83 bits per heavy atom. The van der Waals surface area contributed by atoms with Gasteiger partial charge in [0.2, 0.25) is 0 Å². The van der Waals surface area contributed by atoms with Crippen molar-refractivity contribution in [1.29, 1.82) is 0 Å². The minimum Gasteiger partial charge on any atom is -0.687 e. The highest BCUT2D eigenvalue weighted by Gasteiger charge is 1.99. The average molecular weight is 162 g/mol. The minimum atomic E-state index is 0.663. The monoisotopic (exact) mass is 162 g/mol. The first kappa shape index (κ1) is 9.11. The molecule has 0 fully saturated rings. The molecule has 0 bridgehead atoms. The van der Waals surface area contributed by atoms with Crippen LogP contribution in [-0.4, -0.2) is 7.05 Å². The van der Waals surface area contributed by atoms with Crippen LogP contribution >= 0.6 is 0 Å². The van der Waals surface area contributed by atoms with Gasteiger partial charge < -0.3 is 5.32 Å². The van der Waals surface area contributed by atoms with E-state index < -0.39 is 0 Å². The first-order valence-corrected chi connectivity index (χ1v) is 4.47. The molecule has 0 spiro atoms. The van der Waals surface area contributed by atoms with E-state index in [1.54, 1.807) is 0 Å². The van der Waals surface area contributed by atoms with Gasteiger partial charge >= 0.3 is 0 Å². The SMILES string of the molecule is CCC(C)c1ccc([N-]C)cc1. The Balaban J connectivity index is 2.77. The molecule has 66 valence electrons. The van der Waals surface area contributed by atoms with E-state index >= 15 is 0 Å². The van der Waals surface area contributed by atoms with Gasteiger partial charge in [-0.2, -0.15) is 0 Å². The molecular formula is C11H16N-. The summed E-state index contributed by atoms with van der Waals surface area (Å²) in [5.41, 5.74) is 2.46. The van der Waals surface area contributed by atoms with E-state index in [1.165, 1.54) is 12.0 Å². The highest BCUT2D eigenvalue weighted by molar-refractivity contribution is 5.48. The van der Waals surface area contributed by atoms with Gasteiger partial charge in [0, 0.05) is 0 Å². The lowest BCUT2D eigenvalue weighted by Gasteiger charge is -2.15. The van der Waals surface area contributed by atoms with E-state index in [-0.39, 0.29) is 0 Å². The lowest BCUT2D eigenvalue weighted by molar-refractivity contribution is 0.734. The first-order chi connectivity index (χ1) is 5.77. The lowest BCUT2D eigenvalue weighted by Crippen LogP contribution is -1.89. The summed E-state index contributed by atoms with van der Waals surface area (Å²) in [5.74, 6) is 0.663. The van der Waals surface area contributed by atoms with Gasteiger partial charge in [-0.25, -0.2) is 0 Å². The smallest absolute Gasteiger partial charge is 0.0193 e. The number of nitrogens with zero attached hydrogens (tertiary/aromatic N) is 1. The Morgan fingerprint density at radius 1 is 1.25 bits per heavy atom. The van der Waals surface area contributed by atoms with Crippen LogP contribution in [0.15, 0.2) is 24.3 Å². The highest BCUT2D eigenvalue weighted by atomic mass is 14.8. The van der Waals surface area contributed by atoms with Gasteiger partial charge in [0.05, 0.1) is 0 Å². The van der Waals surface area contributed by atoms with Crippen LogP contribution in [0.4, 0.5) is 5.69 Å². The predicted octanol–water partition coefficient (Wildman–Crippen LogP) is 3.84. The van der Waals surface area contributed by atoms with Crippen LogP contribution in [0.3, 0.4) is 0 Å². The van der Waals surface area contributed by atoms with Gasteiger partial charge in [-0.05, 0) is 17.9 Å². The van der Waals surface area contributed by atoms with Crippen LogP contribution < -0.4 is 0 Å². The molecule has 0 aliphatic rings. The lowest BCUT2D eigenvalue weighted by atomic mass is 9.99. The molecule has 0 aromatic heterocycles. The second-order valence-electron chi connectivity index (χ2n) is 3.12. The van der Waals surface area contributed by atoms with Gasteiger partial charge in [-0.15, -0.1) is 12.7 Å². The molecule has 0 radical (unpaired) electrons. The number of hydrogen-bond acceptors (Lipinski definition) is 0. The van der Waals surface area contributed by atoms with Crippen molar-refractivity contribution < 1.29 is 0 Å². The van der Waals surface area contributed by atoms with Crippen molar-refractivity contribution in [2.24, 2.45) is 0 Å². The molecule has 1 nitrogen and oxygen atoms in total. The zero-order valence-electron chi connectivity index (χ0n) is 8.04. The Hall–Kier alpha value is -0.980. The zero-order chi connectivity index (χ0) is 8.97. The summed E-state index contributed by atoms with van der Waals surface area (Å²) in [5, 5.41) is 4.10. The maximum atomic E-state index is 4.10. The Kier molecular flexibility index (Phi) is 3.15. The van der Waals surface area contributed by atoms with E-state index in [2.05, 4.69) is 43.4 Å². The van der Waals surface area contributed by atoms with Crippen LogP contribution in [0.25, 0.3) is 5.32 Å². The predicted molar refractivity (Wildman–Crippen MR) is 54.1 cm³/mol. The molecular weight excluding hydrogens is 146 g/mol. The van der Waals surface area contributed by atoms with Crippen molar-refractivity contribution >= 4 is 5.69 Å². The fourth-order valence-electron chi connectivity index (χ4n) is 1.19. The quantitative estimate of drug-likeness (QED) is 0.641. The number of rotatable bonds is 3. The van der Waals surface area contributed by atoms with Gasteiger partial charge in [0.15, 0.2) is 0 Å². The molecule has 1 atom stereocenters. The van der Waals surface area contributed by atoms with Crippen LogP contribution in [-0.2, 0) is 0 Å². The van der Waals surface area contributed by atoms with Crippen molar-refractivity contribution in [2.45, 2.75) is 26.2 Å². The van der Waals surface area contributed by atoms with Gasteiger partial charge in [-0.3, -0.25) is 0 Å². The molecule has 12 heavy (non-hydrogen) atoms. The Bertz CT molecular complexity index is 225. The standard InChI is InChI=1S/C11H16N/c1-4-9(2)10-5-7-11(12-3)8-6-10/h5-9H,4H2,1-3H3/q-1. The molecule has 0 heterocycles. The fourth-order valence-corrected chi connectivity index (χ4v) is 1.19. The van der Waals surface area contributed by atoms with E-state index in [0.717, 1.165) is 5.69 Å². The van der Waals surface area contributed by atoms with Crippen LogP contribution in [0.1, 0.15) is 31.7 Å². The maximum absolute atomic E-state index is 4.10. The van der Waals surface area contributed by atoms with Gasteiger partial charge in [-0.1, -0.05) is 38.1 Å². The van der Waals surface area contributed by atoms with Crippen molar-refractivity contribution in [3.8, 4) is 0 Å². The molecule has 1 aromatic rings. The summed E-state index contributed by atoms with van der Waals surface area (Å²) in [4.78, 5) is 0. The zero-order valence-corrected chi connectivity index (χ0v) is 8.04. The normalized spacial score (nSPS) is 12.6. The largest absolute Gasteiger partial charge is 0.687 e. The average Bonchev–Trinajstić information content (AvgIpc) is 2.17. The fraction of sp³-hybridized carbons (Fsp3) is 0.455. The molecule has 0 aliphatic heterocycles. The molecule has 1 rings (SSSR count). The Labute approximate surface area is 74.8 Å². The second-order valence-corrected chi connectivity index (χ2v) is 3.12. The van der Waals surface area contributed by atoms with E-state index in [9.17, 15) is 0 Å². The topological polar surface area (TPSA) is 14.1 Å². The van der Waals surface area contributed by atoms with E-state index in [0.29, 0.717) is 5.92 Å². The number of benzene rings is 1. The van der Waals surface area contributed by atoms with Crippen molar-refractivity contribution in [2.75, 3.05) is 7.05 Å². The van der Waals surface area contributed by atoms with Gasteiger partial charge in [0.1, 0.15) is 0 Å². The molecule has 0 saturated heterocycles. The molecule has 0 saturated carbocycles. The molecule has 1 unspecified atom stereocenters. The third kappa shape index (κ3) is 2.00. The summed E-state index contributed by atoms with van der Waals surface area (Å²) in [6.45, 7) is 4.46. The number of hydrogen-bond donors (Lipinski definition) is 0. The summed E-state index contributed by atoms with van der Waals surface area (Å²) >= 11 is 0. The second kappa shape index (κ2) is 4.15. The summed E-state index contributed by atoms with van der Waals surface area (Å²) in [6, 6.07) is 8.47. The van der Waals surface area contributed by atoms with Crippen LogP contribution in [0.5, 0.6) is 0 Å². The van der Waals surface area contributed by atoms with E-state index in [1.807, 2.05) is 7.05 Å². The third-order valence-corrected chi connectivity index (χ3v) is 2.33. The van der Waals surface area contributed by atoms with Crippen LogP contribution in [0.2, 0.25) is 0 Å². The third-order valence-electron chi connectivity index (χ3n) is 2.33. The highest BCUT2D eigenvalue weighted by Crippen LogP contribution is 2.22. The maximum Gasteiger partial charge on any atom is -0.0193 e. The summed E-state index contributed by atoms with van der Waals surface area (Å²) in [7, 11) is 1.82. The molecule has 0 aliphatic carbocycles. The van der Waals surface area contributed by atoms with Gasteiger partial charge in [0.25, 0.3) is 0 Å². The molecule has 1 aromatic carbocycles. The van der Waals surface area contributed by atoms with Crippen molar-refractivity contribution in [3.05, 3.63) is 35.1 Å². The molecule has 0 N–H and O–H groups in total. The molecule has 0 amide bonds.